The third kappa shape index (κ3) is 6.03. The smallest absolute Gasteiger partial charge is 0.336 e. The minimum absolute atomic E-state index is 0.0258. The lowest BCUT2D eigenvalue weighted by Gasteiger charge is -2.28. The summed E-state index contributed by atoms with van der Waals surface area (Å²) >= 11 is 0. The molecule has 1 atom stereocenters. The molecule has 40 heavy (non-hydrogen) atoms. The second-order valence-electron chi connectivity index (χ2n) is 9.93. The number of hydrogen-bond acceptors (Lipinski definition) is 7. The standard InChI is InChI=1S/C29H32N4O7/c30-23(34)19-20(26(37)40-33-24(35)16-17-25(33)36)11-5-1-2-10-18-32-27(38)29(31-28(32)39,21-12-6-3-7-13-21)22-14-8-4-9-15-22/h3-4,6-9,12-15,20H,1-2,5,10-11,16-19H2,(H2,30,34)(H,31,39). The lowest BCUT2D eigenvalue weighted by atomic mass is 9.82. The van der Waals surface area contributed by atoms with Crippen molar-refractivity contribution in [2.24, 2.45) is 11.7 Å². The Morgan fingerprint density at radius 2 is 1.40 bits per heavy atom. The molecule has 3 N–H and O–H groups in total. The number of carbonyl (C=O) groups is 6. The predicted octanol–water partition coefficient (Wildman–Crippen LogP) is 2.53. The summed E-state index contributed by atoms with van der Waals surface area (Å²) in [5, 5.41) is 3.38. The van der Waals surface area contributed by atoms with Crippen LogP contribution in [0.1, 0.15) is 62.5 Å². The molecule has 1 unspecified atom stereocenters. The Hall–Kier alpha value is -4.54. The van der Waals surface area contributed by atoms with Crippen LogP contribution >= 0.6 is 0 Å². The van der Waals surface area contributed by atoms with Crippen molar-refractivity contribution in [1.82, 2.24) is 15.3 Å². The van der Waals surface area contributed by atoms with Crippen LogP contribution in [-0.4, -0.2) is 52.1 Å². The number of nitrogens with one attached hydrogen (secondary N) is 1. The van der Waals surface area contributed by atoms with Crippen molar-refractivity contribution < 1.29 is 33.6 Å². The van der Waals surface area contributed by atoms with Gasteiger partial charge in [0, 0.05) is 25.8 Å². The zero-order chi connectivity index (χ0) is 28.7. The van der Waals surface area contributed by atoms with E-state index in [1.54, 1.807) is 0 Å². The Labute approximate surface area is 231 Å². The first kappa shape index (κ1) is 28.5. The van der Waals surface area contributed by atoms with E-state index in [2.05, 4.69) is 5.32 Å². The molecule has 2 fully saturated rings. The van der Waals surface area contributed by atoms with E-state index in [-0.39, 0.29) is 38.1 Å². The average Bonchev–Trinajstić information content (AvgIpc) is 3.40. The summed E-state index contributed by atoms with van der Waals surface area (Å²) in [4.78, 5) is 80.3. The topological polar surface area (TPSA) is 156 Å². The summed E-state index contributed by atoms with van der Waals surface area (Å²) in [7, 11) is 0. The number of primary amides is 1. The summed E-state index contributed by atoms with van der Waals surface area (Å²) < 4.78 is 0. The van der Waals surface area contributed by atoms with Crippen LogP contribution in [0, 0.1) is 5.92 Å². The predicted molar refractivity (Wildman–Crippen MR) is 141 cm³/mol. The average molecular weight is 549 g/mol. The number of imide groups is 2. The number of nitrogens with two attached hydrogens (primary N) is 1. The van der Waals surface area contributed by atoms with Gasteiger partial charge in [-0.25, -0.2) is 9.59 Å². The number of amides is 6. The molecule has 0 aliphatic carbocycles. The van der Waals surface area contributed by atoms with Gasteiger partial charge in [0.2, 0.25) is 5.91 Å². The number of rotatable bonds is 13. The Morgan fingerprint density at radius 1 is 0.850 bits per heavy atom. The van der Waals surface area contributed by atoms with Gasteiger partial charge in [-0.1, -0.05) is 79.9 Å². The molecule has 2 aromatic carbocycles. The van der Waals surface area contributed by atoms with E-state index < -0.39 is 41.2 Å². The van der Waals surface area contributed by atoms with E-state index in [1.807, 2.05) is 60.7 Å². The number of nitrogens with zero attached hydrogens (tertiary/aromatic N) is 2. The summed E-state index contributed by atoms with van der Waals surface area (Å²) in [5.41, 5.74) is 5.32. The second kappa shape index (κ2) is 12.5. The highest BCUT2D eigenvalue weighted by molar-refractivity contribution is 6.09. The van der Waals surface area contributed by atoms with Crippen molar-refractivity contribution in [2.75, 3.05) is 6.54 Å². The molecule has 210 valence electrons. The Morgan fingerprint density at radius 3 is 1.95 bits per heavy atom. The largest absolute Gasteiger partial charge is 0.370 e. The lowest BCUT2D eigenvalue weighted by Crippen LogP contribution is -2.45. The van der Waals surface area contributed by atoms with E-state index in [4.69, 9.17) is 10.6 Å². The highest BCUT2D eigenvalue weighted by Gasteiger charge is 2.53. The van der Waals surface area contributed by atoms with Gasteiger partial charge >= 0.3 is 12.0 Å². The van der Waals surface area contributed by atoms with Crippen LogP contribution in [0.15, 0.2) is 60.7 Å². The second-order valence-corrected chi connectivity index (χ2v) is 9.93. The molecule has 0 bridgehead atoms. The van der Waals surface area contributed by atoms with Crippen LogP contribution in [0.5, 0.6) is 0 Å². The highest BCUT2D eigenvalue weighted by Crippen LogP contribution is 2.36. The van der Waals surface area contributed by atoms with E-state index in [1.165, 1.54) is 4.90 Å². The van der Waals surface area contributed by atoms with E-state index >= 15 is 0 Å². The third-order valence-electron chi connectivity index (χ3n) is 7.17. The van der Waals surface area contributed by atoms with Gasteiger partial charge in [-0.3, -0.25) is 24.1 Å². The van der Waals surface area contributed by atoms with Crippen molar-refractivity contribution in [3.8, 4) is 0 Å². The molecular formula is C29H32N4O7. The number of urea groups is 1. The molecule has 6 amide bonds. The molecular weight excluding hydrogens is 516 g/mol. The van der Waals surface area contributed by atoms with Gasteiger partial charge in [0.25, 0.3) is 17.7 Å². The van der Waals surface area contributed by atoms with Crippen LogP contribution in [0.25, 0.3) is 0 Å². The Bertz CT molecular complexity index is 1230. The summed E-state index contributed by atoms with van der Waals surface area (Å²) in [6, 6.07) is 17.8. The zero-order valence-corrected chi connectivity index (χ0v) is 22.0. The van der Waals surface area contributed by atoms with Crippen molar-refractivity contribution >= 4 is 35.6 Å². The first-order valence-electron chi connectivity index (χ1n) is 13.3. The van der Waals surface area contributed by atoms with Gasteiger partial charge in [0.1, 0.15) is 0 Å². The summed E-state index contributed by atoms with van der Waals surface area (Å²) in [5.74, 6) is -3.97. The molecule has 0 radical (unpaired) electrons. The van der Waals surface area contributed by atoms with Crippen LogP contribution in [0.2, 0.25) is 0 Å². The van der Waals surface area contributed by atoms with E-state index in [0.29, 0.717) is 41.9 Å². The molecule has 2 aliphatic heterocycles. The highest BCUT2D eigenvalue weighted by atomic mass is 16.7. The number of hydrogen-bond donors (Lipinski definition) is 2. The zero-order valence-electron chi connectivity index (χ0n) is 22.0. The monoisotopic (exact) mass is 548 g/mol. The third-order valence-corrected chi connectivity index (χ3v) is 7.17. The maximum atomic E-state index is 13.7. The van der Waals surface area contributed by atoms with Crippen LogP contribution in [0.4, 0.5) is 4.79 Å². The van der Waals surface area contributed by atoms with Crippen molar-refractivity contribution in [3.05, 3.63) is 71.8 Å². The maximum Gasteiger partial charge on any atom is 0.336 e. The number of benzene rings is 2. The Balaban J connectivity index is 1.31. The number of carbonyl (C=O) groups excluding carboxylic acids is 6. The van der Waals surface area contributed by atoms with Crippen LogP contribution in [-0.2, 0) is 34.3 Å². The number of unbranched alkanes of at least 4 members (excludes halogenated alkanes) is 3. The molecule has 2 aliphatic rings. The molecule has 2 saturated heterocycles. The maximum absolute atomic E-state index is 13.7. The summed E-state index contributed by atoms with van der Waals surface area (Å²) in [6.07, 6.45) is 2.33. The van der Waals surface area contributed by atoms with Gasteiger partial charge in [-0.15, -0.1) is 5.06 Å². The van der Waals surface area contributed by atoms with Crippen LogP contribution < -0.4 is 11.1 Å². The molecule has 0 spiro atoms. The van der Waals surface area contributed by atoms with Gasteiger partial charge in [-0.05, 0) is 24.0 Å². The van der Waals surface area contributed by atoms with Gasteiger partial charge in [0.15, 0.2) is 5.54 Å². The Kier molecular flexibility index (Phi) is 8.93. The minimum Gasteiger partial charge on any atom is -0.370 e. The summed E-state index contributed by atoms with van der Waals surface area (Å²) in [6.45, 7) is 0.220. The molecule has 11 heteroatoms. The molecule has 2 heterocycles. The van der Waals surface area contributed by atoms with Gasteiger partial charge in [-0.2, -0.15) is 0 Å². The molecule has 11 nitrogen and oxygen atoms in total. The van der Waals surface area contributed by atoms with Crippen molar-refractivity contribution in [2.45, 2.75) is 56.9 Å². The SMILES string of the molecule is NC(=O)CC(CCCCCCN1C(=O)NC(c2ccccc2)(c2ccccc2)C1=O)C(=O)ON1C(=O)CCC1=O. The molecule has 2 aromatic rings. The molecule has 4 rings (SSSR count). The molecule has 0 saturated carbocycles. The van der Waals surface area contributed by atoms with Crippen molar-refractivity contribution in [1.29, 1.82) is 0 Å². The first-order valence-corrected chi connectivity index (χ1v) is 13.3. The van der Waals surface area contributed by atoms with E-state index in [9.17, 15) is 28.8 Å². The normalized spacial score (nSPS) is 17.2. The fourth-order valence-electron chi connectivity index (χ4n) is 5.10. The molecule has 0 aromatic heterocycles. The van der Waals surface area contributed by atoms with Gasteiger partial charge < -0.3 is 15.9 Å². The fourth-order valence-corrected chi connectivity index (χ4v) is 5.10. The minimum atomic E-state index is -1.31. The fraction of sp³-hybridized carbons (Fsp3) is 0.379. The lowest BCUT2D eigenvalue weighted by molar-refractivity contribution is -0.201. The first-order chi connectivity index (χ1) is 19.2. The number of hydroxylamine groups is 2. The quantitative estimate of drug-likeness (QED) is 0.221. The van der Waals surface area contributed by atoms with E-state index in [0.717, 1.165) is 0 Å². The van der Waals surface area contributed by atoms with Gasteiger partial charge in [0.05, 0.1) is 5.92 Å². The van der Waals surface area contributed by atoms with Crippen molar-refractivity contribution in [3.63, 3.8) is 0 Å². The van der Waals surface area contributed by atoms with Crippen LogP contribution in [0.3, 0.4) is 0 Å².